The molecule has 1 unspecified atom stereocenters. The van der Waals surface area contributed by atoms with Crippen LogP contribution in [-0.2, 0) is 0 Å². The Balaban J connectivity index is 2.82. The van der Waals surface area contributed by atoms with Crippen molar-refractivity contribution in [3.05, 3.63) is 28.2 Å². The first-order chi connectivity index (χ1) is 9.58. The van der Waals surface area contributed by atoms with E-state index in [-0.39, 0.29) is 0 Å². The zero-order chi connectivity index (χ0) is 15.0. The predicted molar refractivity (Wildman–Crippen MR) is 90.4 cm³/mol. The standard InChI is InChI=1S/C17H28BrNO/c1-5-9-19-16(11-13(3)4)14-7-8-17(15(18)12-14)20-10-6-2/h7-8,12-13,16,19H,5-6,9-11H2,1-4H3. The monoisotopic (exact) mass is 341 g/mol. The number of nitrogens with one attached hydrogen (secondary N) is 1. The molecule has 1 aromatic rings. The smallest absolute Gasteiger partial charge is 0.133 e. The summed E-state index contributed by atoms with van der Waals surface area (Å²) in [7, 11) is 0. The second-order valence-electron chi connectivity index (χ2n) is 5.67. The number of benzene rings is 1. The van der Waals surface area contributed by atoms with Crippen molar-refractivity contribution in [3.8, 4) is 5.75 Å². The van der Waals surface area contributed by atoms with Crippen LogP contribution in [0.5, 0.6) is 5.75 Å². The van der Waals surface area contributed by atoms with E-state index in [0.29, 0.717) is 12.0 Å². The van der Waals surface area contributed by atoms with Gasteiger partial charge in [0.1, 0.15) is 5.75 Å². The van der Waals surface area contributed by atoms with Crippen molar-refractivity contribution in [2.45, 2.75) is 53.0 Å². The fourth-order valence-corrected chi connectivity index (χ4v) is 2.70. The van der Waals surface area contributed by atoms with E-state index in [1.54, 1.807) is 0 Å². The van der Waals surface area contributed by atoms with Crippen LogP contribution >= 0.6 is 15.9 Å². The normalized spacial score (nSPS) is 12.7. The molecule has 0 fully saturated rings. The van der Waals surface area contributed by atoms with E-state index in [4.69, 9.17) is 4.74 Å². The highest BCUT2D eigenvalue weighted by Gasteiger charge is 2.14. The van der Waals surface area contributed by atoms with Gasteiger partial charge < -0.3 is 10.1 Å². The molecule has 0 bridgehead atoms. The highest BCUT2D eigenvalue weighted by molar-refractivity contribution is 9.10. The molecule has 0 amide bonds. The molecule has 0 spiro atoms. The molecule has 20 heavy (non-hydrogen) atoms. The van der Waals surface area contributed by atoms with Gasteiger partial charge in [0.05, 0.1) is 11.1 Å². The molecular weight excluding hydrogens is 314 g/mol. The molecule has 114 valence electrons. The van der Waals surface area contributed by atoms with Gasteiger partial charge in [-0.3, -0.25) is 0 Å². The minimum absolute atomic E-state index is 0.423. The van der Waals surface area contributed by atoms with Crippen molar-refractivity contribution < 1.29 is 4.74 Å². The molecule has 2 nitrogen and oxygen atoms in total. The quantitative estimate of drug-likeness (QED) is 0.655. The molecule has 0 saturated heterocycles. The Morgan fingerprint density at radius 1 is 1.20 bits per heavy atom. The molecule has 1 aromatic carbocycles. The number of hydrogen-bond acceptors (Lipinski definition) is 2. The molecule has 1 N–H and O–H groups in total. The van der Waals surface area contributed by atoms with Crippen LogP contribution in [0.15, 0.2) is 22.7 Å². The lowest BCUT2D eigenvalue weighted by Gasteiger charge is -2.22. The summed E-state index contributed by atoms with van der Waals surface area (Å²) in [6.45, 7) is 10.7. The molecule has 0 aromatic heterocycles. The molecule has 1 atom stereocenters. The van der Waals surface area contributed by atoms with E-state index >= 15 is 0 Å². The minimum atomic E-state index is 0.423. The number of ether oxygens (including phenoxy) is 1. The molecule has 0 saturated carbocycles. The van der Waals surface area contributed by atoms with Gasteiger partial charge in [-0.2, -0.15) is 0 Å². The summed E-state index contributed by atoms with van der Waals surface area (Å²) in [6.07, 6.45) is 3.34. The maximum Gasteiger partial charge on any atom is 0.133 e. The third-order valence-electron chi connectivity index (χ3n) is 3.17. The van der Waals surface area contributed by atoms with Crippen LogP contribution in [0.3, 0.4) is 0 Å². The van der Waals surface area contributed by atoms with Crippen LogP contribution in [0, 0.1) is 5.92 Å². The molecule has 0 aliphatic heterocycles. The Labute approximate surface area is 132 Å². The third kappa shape index (κ3) is 5.84. The van der Waals surface area contributed by atoms with Gasteiger partial charge in [0.15, 0.2) is 0 Å². The highest BCUT2D eigenvalue weighted by Crippen LogP contribution is 2.30. The van der Waals surface area contributed by atoms with Gasteiger partial charge in [0.25, 0.3) is 0 Å². The van der Waals surface area contributed by atoms with Gasteiger partial charge in [-0.15, -0.1) is 0 Å². The van der Waals surface area contributed by atoms with Crippen LogP contribution in [0.25, 0.3) is 0 Å². The predicted octanol–water partition coefficient (Wildman–Crippen LogP) is 5.32. The lowest BCUT2D eigenvalue weighted by atomic mass is 9.97. The zero-order valence-electron chi connectivity index (χ0n) is 13.2. The maximum absolute atomic E-state index is 5.72. The van der Waals surface area contributed by atoms with E-state index in [1.807, 2.05) is 0 Å². The van der Waals surface area contributed by atoms with Crippen LogP contribution in [0.4, 0.5) is 0 Å². The molecule has 0 heterocycles. The van der Waals surface area contributed by atoms with Gasteiger partial charge in [0, 0.05) is 6.04 Å². The lowest BCUT2D eigenvalue weighted by molar-refractivity contribution is 0.315. The van der Waals surface area contributed by atoms with Crippen LogP contribution in [0.2, 0.25) is 0 Å². The number of halogens is 1. The minimum Gasteiger partial charge on any atom is -0.492 e. The Morgan fingerprint density at radius 2 is 1.95 bits per heavy atom. The van der Waals surface area contributed by atoms with Crippen molar-refractivity contribution in [1.29, 1.82) is 0 Å². The van der Waals surface area contributed by atoms with Crippen molar-refractivity contribution in [2.24, 2.45) is 5.92 Å². The summed E-state index contributed by atoms with van der Waals surface area (Å²) in [5.41, 5.74) is 1.34. The van der Waals surface area contributed by atoms with Crippen LogP contribution in [-0.4, -0.2) is 13.2 Å². The van der Waals surface area contributed by atoms with E-state index in [9.17, 15) is 0 Å². The van der Waals surface area contributed by atoms with Gasteiger partial charge in [0.2, 0.25) is 0 Å². The molecule has 3 heteroatoms. The van der Waals surface area contributed by atoms with Crippen molar-refractivity contribution in [1.82, 2.24) is 5.32 Å². The van der Waals surface area contributed by atoms with E-state index in [2.05, 4.69) is 67.1 Å². The topological polar surface area (TPSA) is 21.3 Å². The van der Waals surface area contributed by atoms with Crippen molar-refractivity contribution >= 4 is 15.9 Å². The number of hydrogen-bond donors (Lipinski definition) is 1. The Kier molecular flexibility index (Phi) is 8.24. The highest BCUT2D eigenvalue weighted by atomic mass is 79.9. The molecule has 1 rings (SSSR count). The van der Waals surface area contributed by atoms with E-state index in [1.165, 1.54) is 5.56 Å². The lowest BCUT2D eigenvalue weighted by Crippen LogP contribution is -2.23. The molecular formula is C17H28BrNO. The average Bonchev–Trinajstić information content (AvgIpc) is 2.41. The first kappa shape index (κ1) is 17.5. The van der Waals surface area contributed by atoms with Gasteiger partial charge in [-0.25, -0.2) is 0 Å². The van der Waals surface area contributed by atoms with E-state index < -0.39 is 0 Å². The summed E-state index contributed by atoms with van der Waals surface area (Å²) in [5, 5.41) is 3.65. The fraction of sp³-hybridized carbons (Fsp3) is 0.647. The third-order valence-corrected chi connectivity index (χ3v) is 3.79. The summed E-state index contributed by atoms with van der Waals surface area (Å²) < 4.78 is 6.77. The summed E-state index contributed by atoms with van der Waals surface area (Å²) in [4.78, 5) is 0. The SMILES string of the molecule is CCCNC(CC(C)C)c1ccc(OCCC)c(Br)c1. The fourth-order valence-electron chi connectivity index (χ4n) is 2.19. The Morgan fingerprint density at radius 3 is 2.50 bits per heavy atom. The van der Waals surface area contributed by atoms with Gasteiger partial charge >= 0.3 is 0 Å². The van der Waals surface area contributed by atoms with E-state index in [0.717, 1.165) is 42.6 Å². The van der Waals surface area contributed by atoms with Crippen LogP contribution < -0.4 is 10.1 Å². The summed E-state index contributed by atoms with van der Waals surface area (Å²) in [5.74, 6) is 1.62. The Bertz CT molecular complexity index is 393. The van der Waals surface area contributed by atoms with Gasteiger partial charge in [-0.1, -0.05) is 33.8 Å². The Hall–Kier alpha value is -0.540. The number of rotatable bonds is 9. The molecule has 0 aliphatic carbocycles. The van der Waals surface area contributed by atoms with Crippen molar-refractivity contribution in [3.63, 3.8) is 0 Å². The summed E-state index contributed by atoms with van der Waals surface area (Å²) >= 11 is 3.63. The largest absolute Gasteiger partial charge is 0.492 e. The van der Waals surface area contributed by atoms with Gasteiger partial charge in [-0.05, 0) is 65.4 Å². The second kappa shape index (κ2) is 9.41. The molecule has 0 radical (unpaired) electrons. The first-order valence-electron chi connectivity index (χ1n) is 7.74. The zero-order valence-corrected chi connectivity index (χ0v) is 14.8. The maximum atomic E-state index is 5.72. The average molecular weight is 342 g/mol. The first-order valence-corrected chi connectivity index (χ1v) is 8.53. The summed E-state index contributed by atoms with van der Waals surface area (Å²) in [6, 6.07) is 6.88. The van der Waals surface area contributed by atoms with Crippen molar-refractivity contribution in [2.75, 3.05) is 13.2 Å². The second-order valence-corrected chi connectivity index (χ2v) is 6.53. The van der Waals surface area contributed by atoms with Crippen LogP contribution in [0.1, 0.15) is 58.6 Å². The molecule has 0 aliphatic rings.